The fourth-order valence-corrected chi connectivity index (χ4v) is 2.42. The van der Waals surface area contributed by atoms with Crippen molar-refractivity contribution in [1.82, 2.24) is 5.32 Å². The zero-order valence-electron chi connectivity index (χ0n) is 11.1. The minimum absolute atomic E-state index is 0.0203. The summed E-state index contributed by atoms with van der Waals surface area (Å²) in [6.45, 7) is 0. The number of carbonyl (C=O) groups excluding carboxylic acids is 1. The number of rotatable bonds is 4. The normalized spacial score (nSPS) is 15.7. The number of carbonyl (C=O) groups is 1. The van der Waals surface area contributed by atoms with Crippen LogP contribution in [0.15, 0.2) is 54.6 Å². The predicted octanol–water partition coefficient (Wildman–Crippen LogP) is 3.71. The lowest BCUT2D eigenvalue weighted by molar-refractivity contribution is 0.0931. The lowest BCUT2D eigenvalue weighted by atomic mass is 10.0. The Morgan fingerprint density at radius 2 is 1.85 bits per heavy atom. The van der Waals surface area contributed by atoms with Crippen LogP contribution in [0.4, 0.5) is 4.39 Å². The van der Waals surface area contributed by atoms with Crippen molar-refractivity contribution in [3.05, 3.63) is 71.5 Å². The monoisotopic (exact) mass is 269 g/mol. The maximum absolute atomic E-state index is 13.2. The second-order valence-electron chi connectivity index (χ2n) is 5.21. The van der Waals surface area contributed by atoms with Crippen molar-refractivity contribution in [3.63, 3.8) is 0 Å². The maximum Gasteiger partial charge on any atom is 0.251 e. The smallest absolute Gasteiger partial charge is 0.251 e. The molecule has 0 bridgehead atoms. The van der Waals surface area contributed by atoms with E-state index in [0.717, 1.165) is 18.4 Å². The molecule has 1 saturated carbocycles. The lowest BCUT2D eigenvalue weighted by Gasteiger charge is -2.18. The summed E-state index contributed by atoms with van der Waals surface area (Å²) in [4.78, 5) is 12.2. The van der Waals surface area contributed by atoms with Crippen molar-refractivity contribution in [2.24, 2.45) is 5.92 Å². The number of halogens is 1. The van der Waals surface area contributed by atoms with E-state index >= 15 is 0 Å². The van der Waals surface area contributed by atoms with Crippen molar-refractivity contribution in [3.8, 4) is 0 Å². The molecule has 2 nitrogen and oxygen atoms in total. The molecule has 1 amide bonds. The van der Waals surface area contributed by atoms with E-state index in [1.807, 2.05) is 30.3 Å². The number of nitrogens with one attached hydrogen (secondary N) is 1. The highest BCUT2D eigenvalue weighted by molar-refractivity contribution is 5.94. The van der Waals surface area contributed by atoms with Crippen LogP contribution < -0.4 is 5.32 Å². The Kier molecular flexibility index (Phi) is 3.50. The van der Waals surface area contributed by atoms with Crippen LogP contribution in [0.5, 0.6) is 0 Å². The molecule has 0 saturated heterocycles. The molecule has 3 heteroatoms. The Bertz CT molecular complexity index is 607. The molecule has 2 aromatic rings. The third-order valence-electron chi connectivity index (χ3n) is 3.63. The van der Waals surface area contributed by atoms with Crippen molar-refractivity contribution >= 4 is 5.91 Å². The SMILES string of the molecule is O=C(N[C@@H](c1ccccc1)C1CC1)c1cccc(F)c1. The molecule has 2 aromatic carbocycles. The van der Waals surface area contributed by atoms with E-state index < -0.39 is 0 Å². The molecule has 1 fully saturated rings. The summed E-state index contributed by atoms with van der Waals surface area (Å²) in [6, 6.07) is 15.8. The zero-order chi connectivity index (χ0) is 13.9. The standard InChI is InChI=1S/C17H16FNO/c18-15-8-4-7-14(11-15)17(20)19-16(13-9-10-13)12-5-2-1-3-6-12/h1-8,11,13,16H,9-10H2,(H,19,20)/t16-/m0/s1. The first-order valence-electron chi connectivity index (χ1n) is 6.85. The van der Waals surface area contributed by atoms with Gasteiger partial charge < -0.3 is 5.32 Å². The topological polar surface area (TPSA) is 29.1 Å². The van der Waals surface area contributed by atoms with Gasteiger partial charge in [-0.05, 0) is 42.5 Å². The molecular formula is C17H16FNO. The molecule has 1 aliphatic rings. The molecule has 3 rings (SSSR count). The lowest BCUT2D eigenvalue weighted by Crippen LogP contribution is -2.29. The van der Waals surface area contributed by atoms with Crippen LogP contribution >= 0.6 is 0 Å². The number of hydrogen-bond acceptors (Lipinski definition) is 1. The summed E-state index contributed by atoms with van der Waals surface area (Å²) in [5.74, 6) is -0.111. The second kappa shape index (κ2) is 5.45. The van der Waals surface area contributed by atoms with Gasteiger partial charge in [-0.25, -0.2) is 4.39 Å². The highest BCUT2D eigenvalue weighted by Crippen LogP contribution is 2.41. The van der Waals surface area contributed by atoms with Gasteiger partial charge in [0.2, 0.25) is 0 Å². The molecule has 1 N–H and O–H groups in total. The van der Waals surface area contributed by atoms with E-state index in [9.17, 15) is 9.18 Å². The summed E-state index contributed by atoms with van der Waals surface area (Å²) in [5.41, 5.74) is 1.48. The van der Waals surface area contributed by atoms with Crippen LogP contribution in [-0.2, 0) is 0 Å². The van der Waals surface area contributed by atoms with E-state index in [-0.39, 0.29) is 17.8 Å². The van der Waals surface area contributed by atoms with Crippen molar-refractivity contribution in [1.29, 1.82) is 0 Å². The highest BCUT2D eigenvalue weighted by Gasteiger charge is 2.33. The summed E-state index contributed by atoms with van der Waals surface area (Å²) >= 11 is 0. The highest BCUT2D eigenvalue weighted by atomic mass is 19.1. The van der Waals surface area contributed by atoms with Gasteiger partial charge in [-0.2, -0.15) is 0 Å². The molecule has 20 heavy (non-hydrogen) atoms. The molecular weight excluding hydrogens is 253 g/mol. The van der Waals surface area contributed by atoms with Gasteiger partial charge in [0.05, 0.1) is 6.04 Å². The van der Waals surface area contributed by atoms with Gasteiger partial charge in [0.15, 0.2) is 0 Å². The van der Waals surface area contributed by atoms with E-state index in [2.05, 4.69) is 5.32 Å². The van der Waals surface area contributed by atoms with Gasteiger partial charge >= 0.3 is 0 Å². The maximum atomic E-state index is 13.2. The average Bonchev–Trinajstić information content (AvgIpc) is 3.30. The van der Waals surface area contributed by atoms with Gasteiger partial charge in [0.1, 0.15) is 5.82 Å². The molecule has 1 atom stereocenters. The number of benzene rings is 2. The van der Waals surface area contributed by atoms with Crippen molar-refractivity contribution < 1.29 is 9.18 Å². The Labute approximate surface area is 117 Å². The van der Waals surface area contributed by atoms with E-state index in [1.165, 1.54) is 12.1 Å². The fourth-order valence-electron chi connectivity index (χ4n) is 2.42. The third-order valence-corrected chi connectivity index (χ3v) is 3.63. The van der Waals surface area contributed by atoms with Gasteiger partial charge in [-0.3, -0.25) is 4.79 Å². The number of amides is 1. The van der Waals surface area contributed by atoms with E-state index in [1.54, 1.807) is 12.1 Å². The zero-order valence-corrected chi connectivity index (χ0v) is 11.1. The summed E-state index contributed by atoms with van der Waals surface area (Å²) in [7, 11) is 0. The molecule has 0 radical (unpaired) electrons. The molecule has 0 unspecified atom stereocenters. The van der Waals surface area contributed by atoms with E-state index in [4.69, 9.17) is 0 Å². The molecule has 0 spiro atoms. The molecule has 102 valence electrons. The van der Waals surface area contributed by atoms with Crippen LogP contribution in [-0.4, -0.2) is 5.91 Å². The largest absolute Gasteiger partial charge is 0.345 e. The fraction of sp³-hybridized carbons (Fsp3) is 0.235. The van der Waals surface area contributed by atoms with Crippen LogP contribution in [0.1, 0.15) is 34.8 Å². The first-order chi connectivity index (χ1) is 9.74. The van der Waals surface area contributed by atoms with Crippen LogP contribution in [0.25, 0.3) is 0 Å². The minimum atomic E-state index is -0.389. The second-order valence-corrected chi connectivity index (χ2v) is 5.21. The Morgan fingerprint density at radius 1 is 1.10 bits per heavy atom. The third kappa shape index (κ3) is 2.87. The van der Waals surface area contributed by atoms with Crippen LogP contribution in [0.2, 0.25) is 0 Å². The number of hydrogen-bond donors (Lipinski definition) is 1. The quantitative estimate of drug-likeness (QED) is 0.900. The summed E-state index contributed by atoms with van der Waals surface area (Å²) in [5, 5.41) is 3.03. The Hall–Kier alpha value is -2.16. The molecule has 0 aliphatic heterocycles. The Balaban J connectivity index is 1.79. The molecule has 0 heterocycles. The first-order valence-corrected chi connectivity index (χ1v) is 6.85. The van der Waals surface area contributed by atoms with Crippen molar-refractivity contribution in [2.75, 3.05) is 0 Å². The van der Waals surface area contributed by atoms with Gasteiger partial charge in [-0.1, -0.05) is 36.4 Å². The first kappa shape index (κ1) is 12.9. The van der Waals surface area contributed by atoms with Gasteiger partial charge in [0.25, 0.3) is 5.91 Å². The predicted molar refractivity (Wildman–Crippen MR) is 75.8 cm³/mol. The Morgan fingerprint density at radius 3 is 2.50 bits per heavy atom. The summed E-state index contributed by atoms with van der Waals surface area (Å²) < 4.78 is 13.2. The summed E-state index contributed by atoms with van der Waals surface area (Å²) in [6.07, 6.45) is 2.26. The van der Waals surface area contributed by atoms with Crippen LogP contribution in [0.3, 0.4) is 0 Å². The van der Waals surface area contributed by atoms with Gasteiger partial charge in [0, 0.05) is 5.56 Å². The van der Waals surface area contributed by atoms with Crippen LogP contribution in [0, 0.1) is 11.7 Å². The van der Waals surface area contributed by atoms with E-state index in [0.29, 0.717) is 11.5 Å². The molecule has 1 aliphatic carbocycles. The minimum Gasteiger partial charge on any atom is -0.345 e. The van der Waals surface area contributed by atoms with Crippen molar-refractivity contribution in [2.45, 2.75) is 18.9 Å². The average molecular weight is 269 g/mol. The van der Waals surface area contributed by atoms with Gasteiger partial charge in [-0.15, -0.1) is 0 Å². The molecule has 0 aromatic heterocycles.